The fourth-order valence-electron chi connectivity index (χ4n) is 1.14. The van der Waals surface area contributed by atoms with Crippen LogP contribution in [0.3, 0.4) is 0 Å². The van der Waals surface area contributed by atoms with Crippen molar-refractivity contribution in [2.24, 2.45) is 0 Å². The SMILES string of the molecule is C=CCNC(=S)Nc1ccc(OCC)cc1. The summed E-state index contributed by atoms with van der Waals surface area (Å²) in [4.78, 5) is 0. The summed E-state index contributed by atoms with van der Waals surface area (Å²) in [6, 6.07) is 7.66. The van der Waals surface area contributed by atoms with Crippen molar-refractivity contribution < 1.29 is 4.74 Å². The maximum atomic E-state index is 5.34. The van der Waals surface area contributed by atoms with Crippen LogP contribution in [0.25, 0.3) is 0 Å². The highest BCUT2D eigenvalue weighted by Gasteiger charge is 1.96. The molecule has 0 spiro atoms. The molecule has 0 aromatic heterocycles. The van der Waals surface area contributed by atoms with Gasteiger partial charge in [0, 0.05) is 12.2 Å². The van der Waals surface area contributed by atoms with Crippen molar-refractivity contribution in [2.75, 3.05) is 18.5 Å². The highest BCUT2D eigenvalue weighted by molar-refractivity contribution is 7.80. The number of thiocarbonyl (C=S) groups is 1. The monoisotopic (exact) mass is 236 g/mol. The van der Waals surface area contributed by atoms with E-state index in [0.29, 0.717) is 18.3 Å². The van der Waals surface area contributed by atoms with Crippen molar-refractivity contribution in [1.82, 2.24) is 5.32 Å². The Morgan fingerprint density at radius 2 is 2.12 bits per heavy atom. The highest BCUT2D eigenvalue weighted by Crippen LogP contribution is 2.15. The van der Waals surface area contributed by atoms with E-state index in [1.165, 1.54) is 0 Å². The molecule has 0 fully saturated rings. The molecule has 0 bridgehead atoms. The molecule has 0 radical (unpaired) electrons. The molecule has 4 heteroatoms. The lowest BCUT2D eigenvalue weighted by Crippen LogP contribution is -2.28. The van der Waals surface area contributed by atoms with Crippen LogP contribution in [0.15, 0.2) is 36.9 Å². The van der Waals surface area contributed by atoms with E-state index in [9.17, 15) is 0 Å². The molecule has 0 amide bonds. The molecule has 3 nitrogen and oxygen atoms in total. The second kappa shape index (κ2) is 6.85. The smallest absolute Gasteiger partial charge is 0.171 e. The number of hydrogen-bond acceptors (Lipinski definition) is 2. The van der Waals surface area contributed by atoms with E-state index in [2.05, 4.69) is 17.2 Å². The van der Waals surface area contributed by atoms with Crippen molar-refractivity contribution >= 4 is 23.0 Å². The van der Waals surface area contributed by atoms with Crippen LogP contribution in [0, 0.1) is 0 Å². The average Bonchev–Trinajstić information content (AvgIpc) is 2.29. The number of ether oxygens (including phenoxy) is 1. The Morgan fingerprint density at radius 3 is 2.69 bits per heavy atom. The molecule has 16 heavy (non-hydrogen) atoms. The fourth-order valence-corrected chi connectivity index (χ4v) is 1.34. The average molecular weight is 236 g/mol. The van der Waals surface area contributed by atoms with Crippen molar-refractivity contribution in [3.63, 3.8) is 0 Å². The van der Waals surface area contributed by atoms with Crippen LogP contribution in [0.4, 0.5) is 5.69 Å². The summed E-state index contributed by atoms with van der Waals surface area (Å²) in [6.07, 6.45) is 1.76. The third kappa shape index (κ3) is 4.31. The minimum Gasteiger partial charge on any atom is -0.494 e. The third-order valence-corrected chi connectivity index (χ3v) is 2.08. The molecule has 0 aliphatic carbocycles. The highest BCUT2D eigenvalue weighted by atomic mass is 32.1. The number of rotatable bonds is 5. The molecule has 0 aliphatic rings. The summed E-state index contributed by atoms with van der Waals surface area (Å²) in [6.45, 7) is 6.89. The zero-order valence-electron chi connectivity index (χ0n) is 9.32. The summed E-state index contributed by atoms with van der Waals surface area (Å²) in [5, 5.41) is 6.64. The summed E-state index contributed by atoms with van der Waals surface area (Å²) >= 11 is 5.08. The van der Waals surface area contributed by atoms with Gasteiger partial charge < -0.3 is 15.4 Å². The first kappa shape index (κ1) is 12.5. The Hall–Kier alpha value is -1.55. The van der Waals surface area contributed by atoms with E-state index in [1.807, 2.05) is 31.2 Å². The van der Waals surface area contributed by atoms with Gasteiger partial charge in [-0.05, 0) is 43.4 Å². The second-order valence-electron chi connectivity index (χ2n) is 3.08. The summed E-state index contributed by atoms with van der Waals surface area (Å²) in [5.41, 5.74) is 0.935. The molecular formula is C12H16N2OS. The normalized spacial score (nSPS) is 9.31. The van der Waals surface area contributed by atoms with E-state index in [-0.39, 0.29) is 0 Å². The van der Waals surface area contributed by atoms with Gasteiger partial charge in [0.1, 0.15) is 5.75 Å². The first-order valence-corrected chi connectivity index (χ1v) is 5.55. The Kier molecular flexibility index (Phi) is 5.36. The molecular weight excluding hydrogens is 220 g/mol. The molecule has 1 rings (SSSR count). The van der Waals surface area contributed by atoms with E-state index in [1.54, 1.807) is 6.08 Å². The lowest BCUT2D eigenvalue weighted by Gasteiger charge is -2.09. The lowest BCUT2D eigenvalue weighted by molar-refractivity contribution is 0.340. The van der Waals surface area contributed by atoms with Gasteiger partial charge in [-0.25, -0.2) is 0 Å². The van der Waals surface area contributed by atoms with Gasteiger partial charge in [-0.3, -0.25) is 0 Å². The molecule has 0 saturated heterocycles. The predicted molar refractivity (Wildman–Crippen MR) is 72.0 cm³/mol. The van der Waals surface area contributed by atoms with Crippen molar-refractivity contribution in [3.05, 3.63) is 36.9 Å². The van der Waals surface area contributed by atoms with Gasteiger partial charge in [0.15, 0.2) is 5.11 Å². The topological polar surface area (TPSA) is 33.3 Å². The molecule has 1 aromatic carbocycles. The van der Waals surface area contributed by atoms with Crippen LogP contribution in [0.2, 0.25) is 0 Å². The van der Waals surface area contributed by atoms with Crippen molar-refractivity contribution in [3.8, 4) is 5.75 Å². The molecule has 0 heterocycles. The van der Waals surface area contributed by atoms with Crippen molar-refractivity contribution in [1.29, 1.82) is 0 Å². The van der Waals surface area contributed by atoms with Crippen molar-refractivity contribution in [2.45, 2.75) is 6.92 Å². The summed E-state index contributed by atoms with van der Waals surface area (Å²) in [7, 11) is 0. The summed E-state index contributed by atoms with van der Waals surface area (Å²) < 4.78 is 5.34. The van der Waals surface area contributed by atoms with Gasteiger partial charge in [-0.2, -0.15) is 0 Å². The predicted octanol–water partition coefficient (Wildman–Crippen LogP) is 2.56. The van der Waals surface area contributed by atoms with Crippen LogP contribution in [0.1, 0.15) is 6.92 Å². The number of nitrogens with one attached hydrogen (secondary N) is 2. The molecule has 0 saturated carbocycles. The first-order valence-electron chi connectivity index (χ1n) is 5.15. The Bertz CT molecular complexity index is 349. The number of hydrogen-bond donors (Lipinski definition) is 2. The van der Waals surface area contributed by atoms with E-state index in [4.69, 9.17) is 17.0 Å². The number of benzene rings is 1. The summed E-state index contributed by atoms with van der Waals surface area (Å²) in [5.74, 6) is 0.859. The van der Waals surface area contributed by atoms with Gasteiger partial charge >= 0.3 is 0 Å². The van der Waals surface area contributed by atoms with Gasteiger partial charge in [0.2, 0.25) is 0 Å². The zero-order valence-corrected chi connectivity index (χ0v) is 10.1. The molecule has 1 aromatic rings. The second-order valence-corrected chi connectivity index (χ2v) is 3.49. The van der Waals surface area contributed by atoms with Gasteiger partial charge in [0.05, 0.1) is 6.61 Å². The third-order valence-electron chi connectivity index (χ3n) is 1.83. The van der Waals surface area contributed by atoms with Gasteiger partial charge in [-0.1, -0.05) is 6.08 Å². The minimum atomic E-state index is 0.587. The molecule has 0 atom stereocenters. The fraction of sp³-hybridized carbons (Fsp3) is 0.250. The Morgan fingerprint density at radius 1 is 1.44 bits per heavy atom. The maximum absolute atomic E-state index is 5.34. The Labute approximate surface area is 102 Å². The van der Waals surface area contributed by atoms with E-state index in [0.717, 1.165) is 11.4 Å². The molecule has 86 valence electrons. The van der Waals surface area contributed by atoms with Crippen LogP contribution in [0.5, 0.6) is 5.75 Å². The van der Waals surface area contributed by atoms with Gasteiger partial charge in [-0.15, -0.1) is 6.58 Å². The minimum absolute atomic E-state index is 0.587. The largest absolute Gasteiger partial charge is 0.494 e. The van der Waals surface area contributed by atoms with E-state index >= 15 is 0 Å². The zero-order chi connectivity index (χ0) is 11.8. The van der Waals surface area contributed by atoms with Crippen LogP contribution >= 0.6 is 12.2 Å². The van der Waals surface area contributed by atoms with Crippen LogP contribution in [-0.4, -0.2) is 18.3 Å². The Balaban J connectivity index is 2.48. The lowest BCUT2D eigenvalue weighted by atomic mass is 10.3. The molecule has 0 aliphatic heterocycles. The maximum Gasteiger partial charge on any atom is 0.171 e. The quantitative estimate of drug-likeness (QED) is 0.608. The standard InChI is InChI=1S/C12H16N2OS/c1-3-9-13-12(16)14-10-5-7-11(8-6-10)15-4-2/h3,5-8H,1,4,9H2,2H3,(H2,13,14,16). The number of anilines is 1. The van der Waals surface area contributed by atoms with E-state index < -0.39 is 0 Å². The molecule has 0 unspecified atom stereocenters. The van der Waals surface area contributed by atoms with Crippen LogP contribution < -0.4 is 15.4 Å². The van der Waals surface area contributed by atoms with Crippen LogP contribution in [-0.2, 0) is 0 Å². The first-order chi connectivity index (χ1) is 7.76. The van der Waals surface area contributed by atoms with Gasteiger partial charge in [0.25, 0.3) is 0 Å². The molecule has 2 N–H and O–H groups in total.